The van der Waals surface area contributed by atoms with Crippen LogP contribution in [0, 0.1) is 6.92 Å². The van der Waals surface area contributed by atoms with Crippen molar-refractivity contribution in [2.45, 2.75) is 33.0 Å². The first kappa shape index (κ1) is 16.8. The third kappa shape index (κ3) is 2.89. The molecule has 0 radical (unpaired) electrons. The maximum Gasteiger partial charge on any atom is 0.237 e. The second-order valence-electron chi connectivity index (χ2n) is 6.49. The molecule has 0 saturated heterocycles. The van der Waals surface area contributed by atoms with Gasteiger partial charge in [0.05, 0.1) is 5.69 Å². The average Bonchev–Trinajstić information content (AvgIpc) is 3.27. The topological polar surface area (TPSA) is 77.3 Å². The largest absolute Gasteiger partial charge is 0.368 e. The summed E-state index contributed by atoms with van der Waals surface area (Å²) in [4.78, 5) is 17.1. The maximum atomic E-state index is 11.5. The zero-order chi connectivity index (χ0) is 18.3. The van der Waals surface area contributed by atoms with Crippen molar-refractivity contribution in [2.75, 3.05) is 0 Å². The molecule has 7 heteroatoms. The Bertz CT molecular complexity index is 1060. The summed E-state index contributed by atoms with van der Waals surface area (Å²) in [5.41, 5.74) is 9.75. The van der Waals surface area contributed by atoms with Gasteiger partial charge < -0.3 is 15.6 Å². The third-order valence-corrected chi connectivity index (χ3v) is 5.59. The number of thiazole rings is 1. The summed E-state index contributed by atoms with van der Waals surface area (Å²) in [7, 11) is 0. The smallest absolute Gasteiger partial charge is 0.237 e. The summed E-state index contributed by atoms with van der Waals surface area (Å²) >= 11 is 1.63. The van der Waals surface area contributed by atoms with E-state index in [1.807, 2.05) is 45.7 Å². The summed E-state index contributed by atoms with van der Waals surface area (Å²) in [6.07, 6.45) is 4.08. The normalized spacial score (nSPS) is 12.8. The number of primary amides is 1. The lowest BCUT2D eigenvalue weighted by molar-refractivity contribution is -0.118. The molecule has 0 saturated carbocycles. The van der Waals surface area contributed by atoms with Gasteiger partial charge in [-0.15, -0.1) is 11.3 Å². The van der Waals surface area contributed by atoms with E-state index in [-0.39, 0.29) is 18.5 Å². The number of hydrogen-bond donors (Lipinski definition) is 2. The van der Waals surface area contributed by atoms with Crippen molar-refractivity contribution in [1.29, 1.82) is 0 Å². The first-order valence-corrected chi connectivity index (χ1v) is 9.43. The number of fused-ring (bicyclic) bond motifs is 2. The monoisotopic (exact) mass is 367 g/mol. The van der Waals surface area contributed by atoms with Gasteiger partial charge >= 0.3 is 0 Å². The molecule has 6 nitrogen and oxygen atoms in total. The lowest BCUT2D eigenvalue weighted by Crippen LogP contribution is -2.21. The Morgan fingerprint density at radius 2 is 2.19 bits per heavy atom. The standard InChI is InChI=1S/C19H21N5OS/c1-12(16-10-23-7-8-26-19(23)22-16)21-9-15-13(2)24(11-18(20)25)17-6-4-3-5-14(15)17/h3-8,10,12,21H,9,11H2,1-2H3,(H2,20,25). The molecule has 0 aliphatic rings. The number of rotatable bonds is 6. The predicted octanol–water partition coefficient (Wildman–Crippen LogP) is 3.00. The predicted molar refractivity (Wildman–Crippen MR) is 104 cm³/mol. The molecule has 0 aliphatic heterocycles. The van der Waals surface area contributed by atoms with Gasteiger partial charge in [-0.2, -0.15) is 0 Å². The van der Waals surface area contributed by atoms with E-state index in [0.717, 1.165) is 27.3 Å². The number of carbonyl (C=O) groups is 1. The number of carbonyl (C=O) groups excluding carboxylic acids is 1. The van der Waals surface area contributed by atoms with Crippen molar-refractivity contribution in [1.82, 2.24) is 19.3 Å². The van der Waals surface area contributed by atoms with Crippen LogP contribution >= 0.6 is 11.3 Å². The minimum atomic E-state index is -0.334. The molecule has 1 atom stereocenters. The molecule has 1 amide bonds. The van der Waals surface area contributed by atoms with Crippen LogP contribution in [0.1, 0.15) is 29.9 Å². The highest BCUT2D eigenvalue weighted by Crippen LogP contribution is 2.26. The molecule has 134 valence electrons. The van der Waals surface area contributed by atoms with E-state index in [1.54, 1.807) is 11.3 Å². The number of amides is 1. The highest BCUT2D eigenvalue weighted by Gasteiger charge is 2.16. The van der Waals surface area contributed by atoms with Crippen molar-refractivity contribution in [3.05, 3.63) is 59.0 Å². The molecular formula is C19H21N5OS. The Labute approximate surface area is 155 Å². The van der Waals surface area contributed by atoms with Crippen molar-refractivity contribution in [3.8, 4) is 0 Å². The second kappa shape index (κ2) is 6.59. The van der Waals surface area contributed by atoms with Crippen LogP contribution in [-0.2, 0) is 17.9 Å². The van der Waals surface area contributed by atoms with Gasteiger partial charge in [0, 0.05) is 47.0 Å². The van der Waals surface area contributed by atoms with E-state index in [2.05, 4.69) is 29.5 Å². The molecule has 1 aromatic carbocycles. The molecule has 4 rings (SSSR count). The molecule has 4 aromatic rings. The van der Waals surface area contributed by atoms with Crippen molar-refractivity contribution in [3.63, 3.8) is 0 Å². The molecule has 0 bridgehead atoms. The highest BCUT2D eigenvalue weighted by atomic mass is 32.1. The van der Waals surface area contributed by atoms with E-state index in [4.69, 9.17) is 5.73 Å². The molecule has 3 aromatic heterocycles. The fraction of sp³-hybridized carbons (Fsp3) is 0.263. The Morgan fingerprint density at radius 3 is 2.96 bits per heavy atom. The lowest BCUT2D eigenvalue weighted by atomic mass is 10.1. The number of benzene rings is 1. The van der Waals surface area contributed by atoms with E-state index in [9.17, 15) is 4.79 Å². The van der Waals surface area contributed by atoms with Crippen LogP contribution in [0.15, 0.2) is 42.0 Å². The SMILES string of the molecule is Cc1c(CNC(C)c2cn3ccsc3n2)c2ccccc2n1CC(N)=O. The summed E-state index contributed by atoms with van der Waals surface area (Å²) in [6.45, 7) is 5.05. The zero-order valence-corrected chi connectivity index (χ0v) is 15.6. The molecule has 0 spiro atoms. The molecule has 3 N–H and O–H groups in total. The Kier molecular flexibility index (Phi) is 4.26. The van der Waals surface area contributed by atoms with Gasteiger partial charge in [0.25, 0.3) is 0 Å². The van der Waals surface area contributed by atoms with Crippen molar-refractivity contribution in [2.24, 2.45) is 5.73 Å². The van der Waals surface area contributed by atoms with Gasteiger partial charge in [-0.25, -0.2) is 4.98 Å². The fourth-order valence-corrected chi connectivity index (χ4v) is 4.11. The Hall–Kier alpha value is -2.64. The lowest BCUT2D eigenvalue weighted by Gasteiger charge is -2.12. The molecule has 0 aliphatic carbocycles. The molecule has 26 heavy (non-hydrogen) atoms. The molecular weight excluding hydrogens is 346 g/mol. The quantitative estimate of drug-likeness (QED) is 0.550. The van der Waals surface area contributed by atoms with Crippen LogP contribution in [0.5, 0.6) is 0 Å². The van der Waals surface area contributed by atoms with E-state index >= 15 is 0 Å². The van der Waals surface area contributed by atoms with Crippen LogP contribution in [0.2, 0.25) is 0 Å². The highest BCUT2D eigenvalue weighted by molar-refractivity contribution is 7.15. The van der Waals surface area contributed by atoms with E-state index in [1.165, 1.54) is 5.56 Å². The van der Waals surface area contributed by atoms with Gasteiger partial charge in [0.15, 0.2) is 4.96 Å². The van der Waals surface area contributed by atoms with Crippen molar-refractivity contribution >= 4 is 33.1 Å². The Morgan fingerprint density at radius 1 is 1.38 bits per heavy atom. The first-order chi connectivity index (χ1) is 12.5. The first-order valence-electron chi connectivity index (χ1n) is 8.55. The number of aromatic nitrogens is 3. The van der Waals surface area contributed by atoms with Crippen LogP contribution in [-0.4, -0.2) is 19.9 Å². The number of hydrogen-bond acceptors (Lipinski definition) is 4. The summed E-state index contributed by atoms with van der Waals surface area (Å²) in [5, 5.41) is 6.74. The van der Waals surface area contributed by atoms with E-state index in [0.29, 0.717) is 6.54 Å². The number of imidazole rings is 1. The zero-order valence-electron chi connectivity index (χ0n) is 14.8. The fourth-order valence-electron chi connectivity index (χ4n) is 3.40. The van der Waals surface area contributed by atoms with E-state index < -0.39 is 0 Å². The van der Waals surface area contributed by atoms with Gasteiger partial charge in [-0.3, -0.25) is 9.20 Å². The molecule has 0 fully saturated rings. The third-order valence-electron chi connectivity index (χ3n) is 4.82. The maximum absolute atomic E-state index is 11.5. The van der Waals surface area contributed by atoms with Crippen molar-refractivity contribution < 1.29 is 4.79 Å². The van der Waals surface area contributed by atoms with Gasteiger partial charge in [0.2, 0.25) is 5.91 Å². The average molecular weight is 367 g/mol. The van der Waals surface area contributed by atoms with Gasteiger partial charge in [-0.05, 0) is 25.5 Å². The second-order valence-corrected chi connectivity index (χ2v) is 7.37. The molecule has 3 heterocycles. The van der Waals surface area contributed by atoms with Crippen LogP contribution in [0.4, 0.5) is 0 Å². The van der Waals surface area contributed by atoms with Crippen LogP contribution < -0.4 is 11.1 Å². The minimum absolute atomic E-state index is 0.125. The summed E-state index contributed by atoms with van der Waals surface area (Å²) < 4.78 is 4.04. The molecule has 1 unspecified atom stereocenters. The number of nitrogens with two attached hydrogens (primary N) is 1. The Balaban J connectivity index is 1.61. The minimum Gasteiger partial charge on any atom is -0.368 e. The van der Waals surface area contributed by atoms with Gasteiger partial charge in [-0.1, -0.05) is 18.2 Å². The number of nitrogens with zero attached hydrogens (tertiary/aromatic N) is 3. The summed E-state index contributed by atoms with van der Waals surface area (Å²) in [6, 6.07) is 8.25. The van der Waals surface area contributed by atoms with Crippen LogP contribution in [0.25, 0.3) is 15.9 Å². The number of nitrogens with one attached hydrogen (secondary N) is 1. The van der Waals surface area contributed by atoms with Crippen LogP contribution in [0.3, 0.4) is 0 Å². The number of para-hydroxylation sites is 1. The van der Waals surface area contributed by atoms with Gasteiger partial charge in [0.1, 0.15) is 6.54 Å². The summed E-state index contributed by atoms with van der Waals surface area (Å²) in [5.74, 6) is -0.334.